The predicted octanol–water partition coefficient (Wildman–Crippen LogP) is 0.866. The zero-order valence-electron chi connectivity index (χ0n) is 16.7. The third-order valence-corrected chi connectivity index (χ3v) is 4.62. The van der Waals surface area contributed by atoms with Crippen molar-refractivity contribution in [3.8, 4) is 0 Å². The number of guanidine groups is 1. The largest absolute Gasteiger partial charge is 0.480 e. The van der Waals surface area contributed by atoms with Crippen LogP contribution in [0.2, 0.25) is 10.0 Å². The monoisotopic (exact) mass is 475 g/mol. The molecule has 0 unspecified atom stereocenters. The average molecular weight is 476 g/mol. The first-order valence-corrected chi connectivity index (χ1v) is 9.71. The van der Waals surface area contributed by atoms with Crippen LogP contribution in [0.5, 0.6) is 0 Å². The van der Waals surface area contributed by atoms with Crippen molar-refractivity contribution in [1.29, 1.82) is 5.41 Å². The molecule has 13 heteroatoms. The van der Waals surface area contributed by atoms with Gasteiger partial charge in [-0.1, -0.05) is 43.1 Å². The molecule has 31 heavy (non-hydrogen) atoms. The number of hydrogen-bond donors (Lipinski definition) is 6. The van der Waals surface area contributed by atoms with Crippen molar-refractivity contribution in [2.75, 3.05) is 6.61 Å². The number of aliphatic carboxylic acids is 1. The summed E-state index contributed by atoms with van der Waals surface area (Å²) in [5.74, 6) is -3.79. The lowest BCUT2D eigenvalue weighted by molar-refractivity contribution is -0.143. The SMILES string of the molecule is CC(C)[C@H](N)C(=O)N[C@@H](COC(=O)NC(=N)NC(=O)Cc1c(Cl)cccc1Cl)C(=O)O. The van der Waals surface area contributed by atoms with E-state index in [1.807, 2.05) is 5.32 Å². The van der Waals surface area contributed by atoms with Gasteiger partial charge in [0.1, 0.15) is 6.61 Å². The Morgan fingerprint density at radius 3 is 2.26 bits per heavy atom. The Balaban J connectivity index is 2.53. The van der Waals surface area contributed by atoms with E-state index in [0.29, 0.717) is 5.56 Å². The van der Waals surface area contributed by atoms with Gasteiger partial charge >= 0.3 is 12.1 Å². The fourth-order valence-electron chi connectivity index (χ4n) is 2.12. The van der Waals surface area contributed by atoms with Crippen LogP contribution in [0.15, 0.2) is 18.2 Å². The molecular formula is C18H23Cl2N5O6. The van der Waals surface area contributed by atoms with E-state index in [-0.39, 0.29) is 22.4 Å². The molecule has 1 aromatic carbocycles. The lowest BCUT2D eigenvalue weighted by atomic mass is 10.0. The van der Waals surface area contributed by atoms with Crippen LogP contribution in [0, 0.1) is 11.3 Å². The highest BCUT2D eigenvalue weighted by atomic mass is 35.5. The third-order valence-electron chi connectivity index (χ3n) is 3.91. The van der Waals surface area contributed by atoms with E-state index in [2.05, 4.69) is 10.6 Å². The van der Waals surface area contributed by atoms with Gasteiger partial charge in [-0.2, -0.15) is 0 Å². The smallest absolute Gasteiger partial charge is 0.414 e. The maximum absolute atomic E-state index is 12.0. The predicted molar refractivity (Wildman–Crippen MR) is 113 cm³/mol. The molecule has 11 nitrogen and oxygen atoms in total. The molecule has 0 bridgehead atoms. The number of nitrogens with two attached hydrogens (primary N) is 1. The summed E-state index contributed by atoms with van der Waals surface area (Å²) in [5, 5.41) is 23.4. The van der Waals surface area contributed by atoms with Crippen LogP contribution < -0.4 is 21.7 Å². The molecule has 0 aliphatic rings. The number of ether oxygens (including phenoxy) is 1. The van der Waals surface area contributed by atoms with Crippen LogP contribution in [0.3, 0.4) is 0 Å². The molecule has 170 valence electrons. The summed E-state index contributed by atoms with van der Waals surface area (Å²) in [6.07, 6.45) is -1.46. The summed E-state index contributed by atoms with van der Waals surface area (Å²) in [6, 6.07) is 2.21. The standard InChI is InChI=1S/C18H23Cl2N5O6/c1-8(2)14(21)15(27)23-12(16(28)29)7-31-18(30)25-17(22)24-13(26)6-9-10(19)4-3-5-11(9)20/h3-5,8,12,14H,6-7,21H2,1-2H3,(H,23,27)(H,28,29)(H3,22,24,25,26,30)/t12-,14-/m0/s1. The number of carbonyl (C=O) groups excluding carboxylic acids is 3. The number of rotatable bonds is 8. The van der Waals surface area contributed by atoms with Gasteiger partial charge in [0.25, 0.3) is 0 Å². The number of carboxylic acids is 1. The molecule has 0 saturated carbocycles. The minimum atomic E-state index is -1.55. The molecule has 2 atom stereocenters. The van der Waals surface area contributed by atoms with Gasteiger partial charge in [-0.3, -0.25) is 25.6 Å². The molecule has 0 aromatic heterocycles. The lowest BCUT2D eigenvalue weighted by Crippen LogP contribution is -2.52. The minimum Gasteiger partial charge on any atom is -0.480 e. The molecule has 3 amide bonds. The molecular weight excluding hydrogens is 453 g/mol. The van der Waals surface area contributed by atoms with Gasteiger partial charge in [-0.25, -0.2) is 9.59 Å². The molecule has 7 N–H and O–H groups in total. The minimum absolute atomic E-state index is 0.233. The van der Waals surface area contributed by atoms with E-state index in [4.69, 9.17) is 44.2 Å². The molecule has 0 saturated heterocycles. The number of alkyl carbamates (subject to hydrolysis) is 1. The summed E-state index contributed by atoms with van der Waals surface area (Å²) >= 11 is 11.9. The highest BCUT2D eigenvalue weighted by Gasteiger charge is 2.26. The van der Waals surface area contributed by atoms with Crippen molar-refractivity contribution in [1.82, 2.24) is 16.0 Å². The first kappa shape index (κ1) is 26.1. The number of carboxylic acid groups (broad SMARTS) is 1. The van der Waals surface area contributed by atoms with Crippen LogP contribution in [0.25, 0.3) is 0 Å². The van der Waals surface area contributed by atoms with Gasteiger partial charge in [-0.15, -0.1) is 0 Å². The summed E-state index contributed by atoms with van der Waals surface area (Å²) in [5.41, 5.74) is 5.99. The summed E-state index contributed by atoms with van der Waals surface area (Å²) in [7, 11) is 0. The Morgan fingerprint density at radius 1 is 1.16 bits per heavy atom. The van der Waals surface area contributed by atoms with Crippen molar-refractivity contribution >= 4 is 53.0 Å². The van der Waals surface area contributed by atoms with Crippen LogP contribution in [0.1, 0.15) is 19.4 Å². The number of nitrogens with one attached hydrogen (secondary N) is 4. The first-order valence-electron chi connectivity index (χ1n) is 8.96. The number of carbonyl (C=O) groups is 4. The summed E-state index contributed by atoms with van der Waals surface area (Å²) < 4.78 is 4.69. The van der Waals surface area contributed by atoms with Gasteiger partial charge in [0.05, 0.1) is 12.5 Å². The zero-order valence-corrected chi connectivity index (χ0v) is 18.2. The summed E-state index contributed by atoms with van der Waals surface area (Å²) in [6.45, 7) is 2.64. The number of amides is 3. The van der Waals surface area contributed by atoms with E-state index in [1.54, 1.807) is 32.0 Å². The van der Waals surface area contributed by atoms with Crippen molar-refractivity contribution in [2.24, 2.45) is 11.7 Å². The Kier molecular flexibility index (Phi) is 10.2. The van der Waals surface area contributed by atoms with Gasteiger partial charge < -0.3 is 20.9 Å². The molecule has 1 aromatic rings. The Hall–Kier alpha value is -2.89. The summed E-state index contributed by atoms with van der Waals surface area (Å²) in [4.78, 5) is 46.9. The fourth-order valence-corrected chi connectivity index (χ4v) is 2.65. The van der Waals surface area contributed by atoms with Crippen LogP contribution in [0.4, 0.5) is 4.79 Å². The molecule has 0 fully saturated rings. The van der Waals surface area contributed by atoms with E-state index >= 15 is 0 Å². The third kappa shape index (κ3) is 8.79. The van der Waals surface area contributed by atoms with Crippen molar-refractivity contribution in [3.05, 3.63) is 33.8 Å². The zero-order chi connectivity index (χ0) is 23.7. The Bertz CT molecular complexity index is 844. The number of hydrogen-bond acceptors (Lipinski definition) is 7. The van der Waals surface area contributed by atoms with E-state index in [0.717, 1.165) is 0 Å². The van der Waals surface area contributed by atoms with Crippen LogP contribution in [-0.4, -0.2) is 53.6 Å². The quantitative estimate of drug-likeness (QED) is 0.237. The van der Waals surface area contributed by atoms with Gasteiger partial charge in [-0.05, 0) is 23.6 Å². The number of halogens is 2. The lowest BCUT2D eigenvalue weighted by Gasteiger charge is -2.19. The maximum atomic E-state index is 12.0. The second-order valence-corrected chi connectivity index (χ2v) is 7.51. The second kappa shape index (κ2) is 12.1. The van der Waals surface area contributed by atoms with Gasteiger partial charge in [0.15, 0.2) is 6.04 Å². The maximum Gasteiger partial charge on any atom is 0.414 e. The molecule has 0 radical (unpaired) electrons. The molecule has 0 aliphatic heterocycles. The highest BCUT2D eigenvalue weighted by molar-refractivity contribution is 6.36. The molecule has 0 heterocycles. The average Bonchev–Trinajstić information content (AvgIpc) is 2.66. The fraction of sp³-hybridized carbons (Fsp3) is 0.389. The van der Waals surface area contributed by atoms with Crippen LogP contribution in [-0.2, 0) is 25.5 Å². The molecule has 0 aliphatic carbocycles. The van der Waals surface area contributed by atoms with E-state index < -0.39 is 48.5 Å². The molecule has 0 spiro atoms. The van der Waals surface area contributed by atoms with Gasteiger partial charge in [0, 0.05) is 10.0 Å². The van der Waals surface area contributed by atoms with E-state index in [9.17, 15) is 19.2 Å². The van der Waals surface area contributed by atoms with Crippen LogP contribution >= 0.6 is 23.2 Å². The van der Waals surface area contributed by atoms with Gasteiger partial charge in [0.2, 0.25) is 17.8 Å². The Morgan fingerprint density at radius 2 is 1.74 bits per heavy atom. The normalized spacial score (nSPS) is 12.5. The van der Waals surface area contributed by atoms with Crippen molar-refractivity contribution < 1.29 is 29.0 Å². The highest BCUT2D eigenvalue weighted by Crippen LogP contribution is 2.24. The second-order valence-electron chi connectivity index (χ2n) is 6.69. The van der Waals surface area contributed by atoms with E-state index in [1.165, 1.54) is 0 Å². The molecule has 1 rings (SSSR count). The first-order chi connectivity index (χ1) is 14.4. The number of benzene rings is 1. The Labute approximate surface area is 188 Å². The topological polar surface area (TPSA) is 184 Å². The van der Waals surface area contributed by atoms with Crippen molar-refractivity contribution in [3.63, 3.8) is 0 Å². The van der Waals surface area contributed by atoms with Crippen molar-refractivity contribution in [2.45, 2.75) is 32.4 Å².